The Bertz CT molecular complexity index is 1930. The van der Waals surface area contributed by atoms with Crippen LogP contribution >= 0.6 is 0 Å². The van der Waals surface area contributed by atoms with Crippen molar-refractivity contribution in [1.29, 1.82) is 0 Å². The Morgan fingerprint density at radius 3 is 1.83 bits per heavy atom. The van der Waals surface area contributed by atoms with E-state index >= 15 is 0 Å². The lowest BCUT2D eigenvalue weighted by atomic mass is 9.90. The SMILES string of the molecule is c1ccc(-c2cc3c4c(ccc5c4c4c(cccc4n5-c4ccccc4)-c4ccccc4-3)c2)cc1. The Morgan fingerprint density at radius 2 is 1.03 bits per heavy atom. The van der Waals surface area contributed by atoms with Gasteiger partial charge in [0, 0.05) is 16.5 Å². The zero-order valence-corrected chi connectivity index (χ0v) is 19.1. The van der Waals surface area contributed by atoms with Gasteiger partial charge in [-0.2, -0.15) is 0 Å². The number of nitrogens with zero attached hydrogens (tertiary/aromatic N) is 1. The van der Waals surface area contributed by atoms with Gasteiger partial charge in [0.1, 0.15) is 0 Å². The molecule has 0 spiro atoms. The highest BCUT2D eigenvalue weighted by Gasteiger charge is 2.24. The topological polar surface area (TPSA) is 4.93 Å². The van der Waals surface area contributed by atoms with Crippen LogP contribution in [0.15, 0.2) is 127 Å². The number of fused-ring (bicyclic) bond motifs is 3. The van der Waals surface area contributed by atoms with E-state index < -0.39 is 0 Å². The second kappa shape index (κ2) is 6.94. The van der Waals surface area contributed by atoms with Crippen molar-refractivity contribution in [3.63, 3.8) is 0 Å². The van der Waals surface area contributed by atoms with E-state index in [0.29, 0.717) is 0 Å². The summed E-state index contributed by atoms with van der Waals surface area (Å²) in [4.78, 5) is 0. The van der Waals surface area contributed by atoms with Crippen molar-refractivity contribution in [3.05, 3.63) is 127 Å². The fraction of sp³-hybridized carbons (Fsp3) is 0. The summed E-state index contributed by atoms with van der Waals surface area (Å²) in [7, 11) is 0. The van der Waals surface area contributed by atoms with Crippen LogP contribution in [-0.4, -0.2) is 4.57 Å². The van der Waals surface area contributed by atoms with E-state index in [1.54, 1.807) is 0 Å². The summed E-state index contributed by atoms with van der Waals surface area (Å²) >= 11 is 0. The summed E-state index contributed by atoms with van der Waals surface area (Å²) in [5.74, 6) is 0. The van der Waals surface area contributed by atoms with E-state index in [1.807, 2.05) is 0 Å². The van der Waals surface area contributed by atoms with Crippen molar-refractivity contribution < 1.29 is 0 Å². The third kappa shape index (κ3) is 2.53. The van der Waals surface area contributed by atoms with Crippen molar-refractivity contribution >= 4 is 32.6 Å². The average molecular weight is 444 g/mol. The summed E-state index contributed by atoms with van der Waals surface area (Å²) in [5, 5.41) is 5.32. The van der Waals surface area contributed by atoms with Crippen LogP contribution < -0.4 is 0 Å². The molecule has 0 fully saturated rings. The molecule has 0 aliphatic heterocycles. The van der Waals surface area contributed by atoms with Crippen LogP contribution in [0.5, 0.6) is 0 Å². The molecule has 1 nitrogen and oxygen atoms in total. The molecule has 0 radical (unpaired) electrons. The Kier molecular flexibility index (Phi) is 3.72. The van der Waals surface area contributed by atoms with Gasteiger partial charge in [0.05, 0.1) is 11.0 Å². The number of hydrogen-bond acceptors (Lipinski definition) is 0. The van der Waals surface area contributed by atoms with E-state index in [1.165, 1.54) is 71.6 Å². The summed E-state index contributed by atoms with van der Waals surface area (Å²) < 4.78 is 2.43. The fourth-order valence-corrected chi connectivity index (χ4v) is 6.06. The number of rotatable bonds is 2. The van der Waals surface area contributed by atoms with Gasteiger partial charge in [0.15, 0.2) is 0 Å². The van der Waals surface area contributed by atoms with E-state index in [0.717, 1.165) is 0 Å². The molecule has 0 N–H and O–H groups in total. The van der Waals surface area contributed by atoms with E-state index in [-0.39, 0.29) is 0 Å². The zero-order chi connectivity index (χ0) is 22.9. The van der Waals surface area contributed by atoms with Crippen molar-refractivity contribution in [2.45, 2.75) is 0 Å². The van der Waals surface area contributed by atoms with Crippen molar-refractivity contribution in [2.75, 3.05) is 0 Å². The molecule has 7 aromatic rings. The van der Waals surface area contributed by atoms with Crippen LogP contribution in [0.2, 0.25) is 0 Å². The lowest BCUT2D eigenvalue weighted by molar-refractivity contribution is 1.18. The Hall–Kier alpha value is -4.62. The molecule has 1 heterocycles. The second-order valence-corrected chi connectivity index (χ2v) is 9.36. The first-order chi connectivity index (χ1) is 17.4. The average Bonchev–Trinajstić information content (AvgIpc) is 3.21. The van der Waals surface area contributed by atoms with Gasteiger partial charge >= 0.3 is 0 Å². The highest BCUT2D eigenvalue weighted by molar-refractivity contribution is 6.30. The van der Waals surface area contributed by atoms with Gasteiger partial charge in [-0.25, -0.2) is 0 Å². The van der Waals surface area contributed by atoms with Gasteiger partial charge in [-0.15, -0.1) is 0 Å². The lowest BCUT2D eigenvalue weighted by Crippen LogP contribution is -1.94. The largest absolute Gasteiger partial charge is 0.309 e. The highest BCUT2D eigenvalue weighted by atomic mass is 15.0. The molecule has 8 rings (SSSR count). The first kappa shape index (κ1) is 18.8. The van der Waals surface area contributed by atoms with Crippen molar-refractivity contribution in [1.82, 2.24) is 4.57 Å². The van der Waals surface area contributed by atoms with Crippen LogP contribution in [0.1, 0.15) is 0 Å². The second-order valence-electron chi connectivity index (χ2n) is 9.36. The highest BCUT2D eigenvalue weighted by Crippen LogP contribution is 2.50. The van der Waals surface area contributed by atoms with E-state index in [4.69, 9.17) is 0 Å². The van der Waals surface area contributed by atoms with Gasteiger partial charge in [0.2, 0.25) is 0 Å². The summed E-state index contributed by atoms with van der Waals surface area (Å²) in [6, 6.07) is 46.5. The molecule has 162 valence electrons. The predicted octanol–water partition coefficient (Wildman–Crippen LogP) is 9.25. The van der Waals surface area contributed by atoms with E-state index in [9.17, 15) is 0 Å². The van der Waals surface area contributed by atoms with Gasteiger partial charge < -0.3 is 4.57 Å². The standard InChI is InChI=1S/C34H21N/c1-3-10-22(11-4-1)24-20-23-18-19-31-34-32(23)29(21-24)27-15-8-7-14-26(27)28-16-9-17-30(33(28)34)35(31)25-12-5-2-6-13-25/h1-21H. The molecular formula is C34H21N. The third-order valence-electron chi connectivity index (χ3n) is 7.50. The lowest BCUT2D eigenvalue weighted by Gasteiger charge is -2.15. The normalized spacial score (nSPS) is 12.0. The van der Waals surface area contributed by atoms with Crippen LogP contribution in [0.3, 0.4) is 0 Å². The molecule has 1 aromatic heterocycles. The minimum absolute atomic E-state index is 1.19. The molecule has 0 bridgehead atoms. The molecule has 0 saturated carbocycles. The first-order valence-electron chi connectivity index (χ1n) is 12.1. The quantitative estimate of drug-likeness (QED) is 0.251. The molecule has 1 heteroatoms. The van der Waals surface area contributed by atoms with Crippen LogP contribution in [0.4, 0.5) is 0 Å². The van der Waals surface area contributed by atoms with Gasteiger partial charge in [-0.3, -0.25) is 0 Å². The number of hydrogen-bond donors (Lipinski definition) is 0. The molecule has 0 unspecified atom stereocenters. The molecule has 35 heavy (non-hydrogen) atoms. The Balaban J connectivity index is 1.63. The Labute approximate surface area is 203 Å². The summed E-state index contributed by atoms with van der Waals surface area (Å²) in [6.45, 7) is 0. The van der Waals surface area contributed by atoms with Gasteiger partial charge in [-0.1, -0.05) is 91.0 Å². The molecular weight excluding hydrogens is 422 g/mol. The van der Waals surface area contributed by atoms with Crippen molar-refractivity contribution in [3.8, 4) is 39.1 Å². The third-order valence-corrected chi connectivity index (χ3v) is 7.50. The summed E-state index contributed by atoms with van der Waals surface area (Å²) in [6.07, 6.45) is 0. The van der Waals surface area contributed by atoms with Gasteiger partial charge in [0.25, 0.3) is 0 Å². The monoisotopic (exact) mass is 443 g/mol. The Morgan fingerprint density at radius 1 is 0.371 bits per heavy atom. The first-order valence-corrected chi connectivity index (χ1v) is 12.1. The smallest absolute Gasteiger partial charge is 0.0547 e. The maximum atomic E-state index is 2.43. The maximum Gasteiger partial charge on any atom is 0.0547 e. The van der Waals surface area contributed by atoms with Crippen LogP contribution in [0.25, 0.3) is 71.6 Å². The summed E-state index contributed by atoms with van der Waals surface area (Å²) in [5.41, 5.74) is 11.4. The van der Waals surface area contributed by atoms with Crippen molar-refractivity contribution in [2.24, 2.45) is 0 Å². The van der Waals surface area contributed by atoms with Gasteiger partial charge in [-0.05, 0) is 80.6 Å². The molecule has 0 atom stereocenters. The van der Waals surface area contributed by atoms with E-state index in [2.05, 4.69) is 132 Å². The predicted molar refractivity (Wildman–Crippen MR) is 148 cm³/mol. The molecule has 0 amide bonds. The number of para-hydroxylation sites is 1. The zero-order valence-electron chi connectivity index (χ0n) is 19.1. The van der Waals surface area contributed by atoms with Crippen LogP contribution in [0, 0.1) is 0 Å². The number of aromatic nitrogens is 1. The molecule has 0 saturated heterocycles. The molecule has 1 aliphatic rings. The van der Waals surface area contributed by atoms with Crippen LogP contribution in [-0.2, 0) is 0 Å². The fourth-order valence-electron chi connectivity index (χ4n) is 6.06. The maximum absolute atomic E-state index is 2.43. The minimum Gasteiger partial charge on any atom is -0.309 e. The minimum atomic E-state index is 1.19. The molecule has 1 aliphatic carbocycles. The number of benzene rings is 6. The molecule has 6 aromatic carbocycles.